The third-order valence-electron chi connectivity index (χ3n) is 1.49. The Morgan fingerprint density at radius 3 is 3.08 bits per heavy atom. The molecule has 0 saturated carbocycles. The molecule has 0 amide bonds. The fourth-order valence-corrected chi connectivity index (χ4v) is 0.930. The highest BCUT2D eigenvalue weighted by atomic mass is 16.6. The molecule has 0 saturated heterocycles. The highest BCUT2D eigenvalue weighted by Gasteiger charge is 2.18. The van der Waals surface area contributed by atoms with Crippen LogP contribution < -0.4 is 5.32 Å². The maximum Gasteiger partial charge on any atom is 0.406 e. The largest absolute Gasteiger partial charge is 0.406 e. The van der Waals surface area contributed by atoms with Gasteiger partial charge >= 0.3 is 5.82 Å². The zero-order chi connectivity index (χ0) is 9.84. The van der Waals surface area contributed by atoms with Gasteiger partial charge in [-0.15, -0.1) is 0 Å². The van der Waals surface area contributed by atoms with Crippen molar-refractivity contribution in [1.82, 2.24) is 9.55 Å². The van der Waals surface area contributed by atoms with Crippen molar-refractivity contribution in [3.63, 3.8) is 0 Å². The number of hydrogen-bond donors (Lipinski definition) is 2. The summed E-state index contributed by atoms with van der Waals surface area (Å²) in [6, 6.07) is 0. The standard InChI is InChI=1S/C6H10N4O3/c1-9-4-8-6(10(12)13)5(9)7-2-3-11/h4,7,11H,2-3H2,1H3. The van der Waals surface area contributed by atoms with Gasteiger partial charge in [0.2, 0.25) is 12.1 Å². The van der Waals surface area contributed by atoms with Crippen LogP contribution in [0.25, 0.3) is 0 Å². The van der Waals surface area contributed by atoms with Crippen LogP contribution >= 0.6 is 0 Å². The van der Waals surface area contributed by atoms with E-state index in [2.05, 4.69) is 10.3 Å². The predicted octanol–water partition coefficient (Wildman–Crippen LogP) is -0.268. The van der Waals surface area contributed by atoms with Gasteiger partial charge in [-0.25, -0.2) is 0 Å². The van der Waals surface area contributed by atoms with E-state index in [1.54, 1.807) is 7.05 Å². The maximum atomic E-state index is 10.4. The molecule has 1 aromatic heterocycles. The molecule has 0 aliphatic heterocycles. The molecule has 0 atom stereocenters. The number of anilines is 1. The van der Waals surface area contributed by atoms with E-state index in [1.807, 2.05) is 0 Å². The molecule has 0 bridgehead atoms. The van der Waals surface area contributed by atoms with Crippen LogP contribution in [0.2, 0.25) is 0 Å². The second kappa shape index (κ2) is 3.85. The Morgan fingerprint density at radius 1 is 1.85 bits per heavy atom. The van der Waals surface area contributed by atoms with Crippen LogP contribution in [-0.2, 0) is 7.05 Å². The van der Waals surface area contributed by atoms with Crippen molar-refractivity contribution in [3.05, 3.63) is 16.4 Å². The molecule has 7 heteroatoms. The van der Waals surface area contributed by atoms with E-state index in [0.717, 1.165) is 0 Å². The van der Waals surface area contributed by atoms with Gasteiger partial charge in [0.25, 0.3) is 0 Å². The number of rotatable bonds is 4. The lowest BCUT2D eigenvalue weighted by molar-refractivity contribution is -0.388. The Hall–Kier alpha value is -1.63. The van der Waals surface area contributed by atoms with Crippen molar-refractivity contribution in [2.24, 2.45) is 7.05 Å². The molecule has 72 valence electrons. The number of nitrogens with one attached hydrogen (secondary N) is 1. The van der Waals surface area contributed by atoms with Crippen LogP contribution in [-0.4, -0.2) is 32.7 Å². The van der Waals surface area contributed by atoms with E-state index in [4.69, 9.17) is 5.11 Å². The SMILES string of the molecule is Cn1cnc([N+](=O)[O-])c1NCCO. The first-order valence-corrected chi connectivity index (χ1v) is 3.67. The zero-order valence-electron chi connectivity index (χ0n) is 7.10. The monoisotopic (exact) mass is 186 g/mol. The van der Waals surface area contributed by atoms with Gasteiger partial charge < -0.3 is 20.5 Å². The fourth-order valence-electron chi connectivity index (χ4n) is 0.930. The van der Waals surface area contributed by atoms with E-state index in [9.17, 15) is 10.1 Å². The molecule has 2 N–H and O–H groups in total. The number of aryl methyl sites for hydroxylation is 1. The second-order valence-corrected chi connectivity index (χ2v) is 2.44. The van der Waals surface area contributed by atoms with Gasteiger partial charge in [0, 0.05) is 13.6 Å². The average Bonchev–Trinajstić information content (AvgIpc) is 2.43. The number of hydrogen-bond acceptors (Lipinski definition) is 5. The van der Waals surface area contributed by atoms with E-state index in [0.29, 0.717) is 5.82 Å². The Morgan fingerprint density at radius 2 is 2.54 bits per heavy atom. The molecule has 0 fully saturated rings. The van der Waals surface area contributed by atoms with Crippen molar-refractivity contribution in [1.29, 1.82) is 0 Å². The van der Waals surface area contributed by atoms with Crippen LogP contribution in [0.5, 0.6) is 0 Å². The normalized spacial score (nSPS) is 10.0. The molecule has 0 spiro atoms. The van der Waals surface area contributed by atoms with Gasteiger partial charge in [0.15, 0.2) is 0 Å². The van der Waals surface area contributed by atoms with Crippen LogP contribution in [0.3, 0.4) is 0 Å². The molecule has 1 rings (SSSR count). The molecule has 1 aromatic rings. The van der Waals surface area contributed by atoms with Gasteiger partial charge in [0.1, 0.15) is 0 Å². The number of nitro groups is 1. The summed E-state index contributed by atoms with van der Waals surface area (Å²) in [4.78, 5) is 13.4. The Bertz CT molecular complexity index is 309. The number of aliphatic hydroxyl groups is 1. The smallest absolute Gasteiger partial charge is 0.395 e. The molecule has 0 unspecified atom stereocenters. The van der Waals surface area contributed by atoms with Crippen molar-refractivity contribution < 1.29 is 10.0 Å². The molecule has 0 aliphatic carbocycles. The minimum absolute atomic E-state index is 0.0810. The quantitative estimate of drug-likeness (QED) is 0.498. The zero-order valence-corrected chi connectivity index (χ0v) is 7.10. The van der Waals surface area contributed by atoms with Crippen molar-refractivity contribution in [2.45, 2.75) is 0 Å². The number of nitrogens with zero attached hydrogens (tertiary/aromatic N) is 3. The molecule has 0 aromatic carbocycles. The van der Waals surface area contributed by atoms with Gasteiger partial charge in [-0.1, -0.05) is 0 Å². The lowest BCUT2D eigenvalue weighted by Crippen LogP contribution is -2.09. The fraction of sp³-hybridized carbons (Fsp3) is 0.500. The second-order valence-electron chi connectivity index (χ2n) is 2.44. The highest BCUT2D eigenvalue weighted by molar-refractivity contribution is 5.51. The van der Waals surface area contributed by atoms with Crippen LogP contribution in [0.1, 0.15) is 0 Å². The van der Waals surface area contributed by atoms with Crippen molar-refractivity contribution in [2.75, 3.05) is 18.5 Å². The van der Waals surface area contributed by atoms with Gasteiger partial charge in [-0.05, 0) is 9.91 Å². The number of aliphatic hydroxyl groups excluding tert-OH is 1. The summed E-state index contributed by atoms with van der Waals surface area (Å²) < 4.78 is 1.49. The number of imidazole rings is 1. The van der Waals surface area contributed by atoms with Crippen LogP contribution in [0.15, 0.2) is 6.33 Å². The summed E-state index contributed by atoms with van der Waals surface area (Å²) in [6.45, 7) is 0.183. The molecule has 13 heavy (non-hydrogen) atoms. The summed E-state index contributed by atoms with van der Waals surface area (Å²) in [5.41, 5.74) is 0. The first kappa shape index (κ1) is 9.46. The first-order valence-electron chi connectivity index (χ1n) is 3.67. The van der Waals surface area contributed by atoms with Crippen molar-refractivity contribution in [3.8, 4) is 0 Å². The van der Waals surface area contributed by atoms with E-state index in [1.165, 1.54) is 10.9 Å². The summed E-state index contributed by atoms with van der Waals surface area (Å²) in [5, 5.41) is 21.7. The van der Waals surface area contributed by atoms with Gasteiger partial charge in [-0.3, -0.25) is 4.57 Å². The van der Waals surface area contributed by atoms with Crippen LogP contribution in [0.4, 0.5) is 11.6 Å². The lowest BCUT2D eigenvalue weighted by atomic mass is 10.6. The Kier molecular flexibility index (Phi) is 2.80. The Balaban J connectivity index is 2.88. The summed E-state index contributed by atoms with van der Waals surface area (Å²) in [5.74, 6) is 0.0787. The van der Waals surface area contributed by atoms with Gasteiger partial charge in [0.05, 0.1) is 6.61 Å². The highest BCUT2D eigenvalue weighted by Crippen LogP contribution is 2.20. The predicted molar refractivity (Wildman–Crippen MR) is 45.4 cm³/mol. The topological polar surface area (TPSA) is 93.2 Å². The van der Waals surface area contributed by atoms with Crippen LogP contribution in [0, 0.1) is 10.1 Å². The molecular weight excluding hydrogens is 176 g/mol. The molecule has 1 heterocycles. The summed E-state index contributed by atoms with van der Waals surface area (Å²) >= 11 is 0. The maximum absolute atomic E-state index is 10.4. The number of aromatic nitrogens is 2. The molecule has 0 aliphatic rings. The molecular formula is C6H10N4O3. The third kappa shape index (κ3) is 1.94. The average molecular weight is 186 g/mol. The first-order chi connectivity index (χ1) is 6.16. The van der Waals surface area contributed by atoms with E-state index < -0.39 is 4.92 Å². The summed E-state index contributed by atoms with van der Waals surface area (Å²) in [7, 11) is 1.64. The van der Waals surface area contributed by atoms with E-state index >= 15 is 0 Å². The van der Waals surface area contributed by atoms with Crippen molar-refractivity contribution >= 4 is 11.6 Å². The molecule has 0 radical (unpaired) electrons. The van der Waals surface area contributed by atoms with E-state index in [-0.39, 0.29) is 19.0 Å². The lowest BCUT2D eigenvalue weighted by Gasteiger charge is -2.02. The minimum Gasteiger partial charge on any atom is -0.395 e. The molecule has 7 nitrogen and oxygen atoms in total. The minimum atomic E-state index is -0.570. The third-order valence-corrected chi connectivity index (χ3v) is 1.49. The van der Waals surface area contributed by atoms with Gasteiger partial charge in [-0.2, -0.15) is 0 Å². The Labute approximate surface area is 74.2 Å². The summed E-state index contributed by atoms with van der Waals surface area (Å²) in [6.07, 6.45) is 1.35.